The standard InChI is InChI=1S/C21H23N3O/c1-15-21(24-19-12-6-5-11-18(19)23-15)22-14-17-10-7-13-25-20(17)16-8-3-2-4-9-16/h2-6,8-9,11-12,17,20H,7,10,13-14H2,1H3,(H,22,24)/t17-,20-/m1/s1. The number of ether oxygens (including phenoxy) is 1. The number of benzene rings is 2. The van der Waals surface area contributed by atoms with Gasteiger partial charge in [-0.15, -0.1) is 0 Å². The first-order chi connectivity index (χ1) is 12.3. The van der Waals surface area contributed by atoms with E-state index in [1.807, 2.05) is 37.3 Å². The second-order valence-corrected chi connectivity index (χ2v) is 6.63. The summed E-state index contributed by atoms with van der Waals surface area (Å²) >= 11 is 0. The Hall–Kier alpha value is -2.46. The Morgan fingerprint density at radius 1 is 1.00 bits per heavy atom. The minimum Gasteiger partial charge on any atom is -0.373 e. The van der Waals surface area contributed by atoms with E-state index in [-0.39, 0.29) is 6.10 Å². The molecule has 2 aromatic carbocycles. The van der Waals surface area contributed by atoms with Gasteiger partial charge in [-0.3, -0.25) is 0 Å². The van der Waals surface area contributed by atoms with Gasteiger partial charge >= 0.3 is 0 Å². The molecule has 1 aliphatic rings. The number of fused-ring (bicyclic) bond motifs is 1. The summed E-state index contributed by atoms with van der Waals surface area (Å²) in [5.41, 5.74) is 4.06. The van der Waals surface area contributed by atoms with Crippen LogP contribution in [0.4, 0.5) is 5.82 Å². The summed E-state index contributed by atoms with van der Waals surface area (Å²) in [5, 5.41) is 3.52. The second-order valence-electron chi connectivity index (χ2n) is 6.63. The van der Waals surface area contributed by atoms with Gasteiger partial charge in [0.05, 0.1) is 22.8 Å². The van der Waals surface area contributed by atoms with Gasteiger partial charge in [0, 0.05) is 19.1 Å². The number of anilines is 1. The monoisotopic (exact) mass is 333 g/mol. The zero-order valence-electron chi connectivity index (χ0n) is 14.5. The van der Waals surface area contributed by atoms with E-state index in [0.717, 1.165) is 48.5 Å². The van der Waals surface area contributed by atoms with E-state index in [1.165, 1.54) is 5.56 Å². The Bertz CT molecular complexity index is 850. The van der Waals surface area contributed by atoms with Gasteiger partial charge in [0.25, 0.3) is 0 Å². The number of hydrogen-bond acceptors (Lipinski definition) is 4. The smallest absolute Gasteiger partial charge is 0.148 e. The van der Waals surface area contributed by atoms with Crippen molar-refractivity contribution in [3.63, 3.8) is 0 Å². The normalized spacial score (nSPS) is 20.5. The zero-order chi connectivity index (χ0) is 17.1. The maximum absolute atomic E-state index is 6.09. The van der Waals surface area contributed by atoms with E-state index in [4.69, 9.17) is 9.72 Å². The van der Waals surface area contributed by atoms with Crippen molar-refractivity contribution in [1.82, 2.24) is 9.97 Å². The molecular formula is C21H23N3O. The highest BCUT2D eigenvalue weighted by Crippen LogP contribution is 2.33. The summed E-state index contributed by atoms with van der Waals surface area (Å²) in [7, 11) is 0. The van der Waals surface area contributed by atoms with E-state index >= 15 is 0 Å². The molecule has 1 aliphatic heterocycles. The first-order valence-corrected chi connectivity index (χ1v) is 8.95. The molecule has 1 N–H and O–H groups in total. The van der Waals surface area contributed by atoms with Crippen LogP contribution in [0.25, 0.3) is 11.0 Å². The molecule has 2 atom stereocenters. The van der Waals surface area contributed by atoms with Crippen LogP contribution in [0.3, 0.4) is 0 Å². The number of rotatable bonds is 4. The van der Waals surface area contributed by atoms with Crippen molar-refractivity contribution in [2.75, 3.05) is 18.5 Å². The average Bonchev–Trinajstić information content (AvgIpc) is 2.67. The van der Waals surface area contributed by atoms with Gasteiger partial charge in [-0.2, -0.15) is 0 Å². The highest BCUT2D eigenvalue weighted by Gasteiger charge is 2.27. The van der Waals surface area contributed by atoms with Crippen LogP contribution in [0.2, 0.25) is 0 Å². The highest BCUT2D eigenvalue weighted by molar-refractivity contribution is 5.76. The maximum Gasteiger partial charge on any atom is 0.148 e. The summed E-state index contributed by atoms with van der Waals surface area (Å²) in [6.45, 7) is 3.69. The molecule has 4 heteroatoms. The fraction of sp³-hybridized carbons (Fsp3) is 0.333. The first kappa shape index (κ1) is 16.0. The lowest BCUT2D eigenvalue weighted by molar-refractivity contribution is -0.0238. The summed E-state index contributed by atoms with van der Waals surface area (Å²) in [5.74, 6) is 1.31. The zero-order valence-corrected chi connectivity index (χ0v) is 14.5. The van der Waals surface area contributed by atoms with Crippen molar-refractivity contribution < 1.29 is 4.74 Å². The molecule has 0 saturated carbocycles. The Kier molecular flexibility index (Phi) is 4.61. The number of aryl methyl sites for hydroxylation is 1. The summed E-state index contributed by atoms with van der Waals surface area (Å²) < 4.78 is 6.09. The topological polar surface area (TPSA) is 47.0 Å². The van der Waals surface area contributed by atoms with E-state index in [1.54, 1.807) is 0 Å². The largest absolute Gasteiger partial charge is 0.373 e. The fourth-order valence-electron chi connectivity index (χ4n) is 3.55. The van der Waals surface area contributed by atoms with Gasteiger partial charge in [0.15, 0.2) is 0 Å². The first-order valence-electron chi connectivity index (χ1n) is 8.95. The number of aromatic nitrogens is 2. The maximum atomic E-state index is 6.09. The van der Waals surface area contributed by atoms with Crippen molar-refractivity contribution in [3.05, 3.63) is 65.9 Å². The van der Waals surface area contributed by atoms with Gasteiger partial charge in [-0.25, -0.2) is 9.97 Å². The molecule has 0 bridgehead atoms. The van der Waals surface area contributed by atoms with Gasteiger partial charge < -0.3 is 10.1 Å². The quantitative estimate of drug-likeness (QED) is 0.762. The van der Waals surface area contributed by atoms with Crippen molar-refractivity contribution in [2.24, 2.45) is 5.92 Å². The van der Waals surface area contributed by atoms with Crippen LogP contribution in [-0.4, -0.2) is 23.1 Å². The van der Waals surface area contributed by atoms with Crippen LogP contribution >= 0.6 is 0 Å². The number of hydrogen-bond donors (Lipinski definition) is 1. The molecule has 0 amide bonds. The van der Waals surface area contributed by atoms with Gasteiger partial charge in [0.2, 0.25) is 0 Å². The lowest BCUT2D eigenvalue weighted by Gasteiger charge is -2.32. The molecule has 0 radical (unpaired) electrons. The van der Waals surface area contributed by atoms with Crippen molar-refractivity contribution in [2.45, 2.75) is 25.9 Å². The Morgan fingerprint density at radius 2 is 1.72 bits per heavy atom. The minimum absolute atomic E-state index is 0.149. The van der Waals surface area contributed by atoms with Gasteiger partial charge in [-0.1, -0.05) is 42.5 Å². The van der Waals surface area contributed by atoms with E-state index in [9.17, 15) is 0 Å². The predicted molar refractivity (Wildman–Crippen MR) is 101 cm³/mol. The molecule has 1 aromatic heterocycles. The van der Waals surface area contributed by atoms with Crippen LogP contribution in [0.5, 0.6) is 0 Å². The molecule has 128 valence electrons. The van der Waals surface area contributed by atoms with Crippen molar-refractivity contribution in [1.29, 1.82) is 0 Å². The average molecular weight is 333 g/mol. The summed E-state index contributed by atoms with van der Waals surface area (Å²) in [6, 6.07) is 18.5. The number of nitrogens with zero attached hydrogens (tertiary/aromatic N) is 2. The third-order valence-electron chi connectivity index (χ3n) is 4.85. The third kappa shape index (κ3) is 3.49. The molecule has 0 unspecified atom stereocenters. The lowest BCUT2D eigenvalue weighted by Crippen LogP contribution is -2.28. The third-order valence-corrected chi connectivity index (χ3v) is 4.85. The molecule has 25 heavy (non-hydrogen) atoms. The molecule has 1 saturated heterocycles. The summed E-state index contributed by atoms with van der Waals surface area (Å²) in [4.78, 5) is 9.40. The predicted octanol–water partition coefficient (Wildman–Crippen LogP) is 4.52. The molecule has 2 heterocycles. The van der Waals surface area contributed by atoms with Crippen LogP contribution < -0.4 is 5.32 Å². The van der Waals surface area contributed by atoms with Crippen molar-refractivity contribution in [3.8, 4) is 0 Å². The highest BCUT2D eigenvalue weighted by atomic mass is 16.5. The van der Waals surface area contributed by atoms with Crippen LogP contribution in [0, 0.1) is 12.8 Å². The molecule has 1 fully saturated rings. The molecule has 4 rings (SSSR count). The Balaban J connectivity index is 1.52. The molecule has 4 nitrogen and oxygen atoms in total. The second kappa shape index (κ2) is 7.19. The lowest BCUT2D eigenvalue weighted by atomic mass is 9.89. The van der Waals surface area contributed by atoms with Crippen LogP contribution in [-0.2, 0) is 4.74 Å². The minimum atomic E-state index is 0.149. The van der Waals surface area contributed by atoms with Crippen LogP contribution in [0.1, 0.15) is 30.2 Å². The number of nitrogens with one attached hydrogen (secondary N) is 1. The van der Waals surface area contributed by atoms with Gasteiger partial charge in [0.1, 0.15) is 5.82 Å². The Labute approximate surface area is 148 Å². The molecule has 0 aliphatic carbocycles. The SMILES string of the molecule is Cc1nc2ccccc2nc1NC[C@H]1CCCO[C@@H]1c1ccccc1. The molecule has 0 spiro atoms. The molecular weight excluding hydrogens is 310 g/mol. The van der Waals surface area contributed by atoms with E-state index < -0.39 is 0 Å². The molecule has 3 aromatic rings. The summed E-state index contributed by atoms with van der Waals surface area (Å²) in [6.07, 6.45) is 2.42. The fourth-order valence-corrected chi connectivity index (χ4v) is 3.55. The van der Waals surface area contributed by atoms with E-state index in [2.05, 4.69) is 34.6 Å². The van der Waals surface area contributed by atoms with E-state index in [0.29, 0.717) is 5.92 Å². The van der Waals surface area contributed by atoms with Crippen molar-refractivity contribution >= 4 is 16.9 Å². The van der Waals surface area contributed by atoms with Gasteiger partial charge in [-0.05, 0) is 37.5 Å². The number of para-hydroxylation sites is 2. The van der Waals surface area contributed by atoms with Crippen LogP contribution in [0.15, 0.2) is 54.6 Å². The Morgan fingerprint density at radius 3 is 2.52 bits per heavy atom.